The van der Waals surface area contributed by atoms with Crippen molar-refractivity contribution in [3.63, 3.8) is 0 Å². The Labute approximate surface area is 246 Å². The average molecular weight is 656 g/mol. The zero-order chi connectivity index (χ0) is 31.0. The van der Waals surface area contributed by atoms with Gasteiger partial charge in [-0.25, -0.2) is 29.5 Å². The summed E-state index contributed by atoms with van der Waals surface area (Å²) in [4.78, 5) is 41.9. The van der Waals surface area contributed by atoms with Crippen LogP contribution in [0.2, 0.25) is 0 Å². The van der Waals surface area contributed by atoms with Gasteiger partial charge in [0, 0.05) is 6.20 Å². The number of hydrogen-bond donors (Lipinski definition) is 6. The number of nitrogens with zero attached hydrogens (tertiary/aromatic N) is 7. The number of aliphatic hydroxyl groups excluding tert-OH is 1. The van der Waals surface area contributed by atoms with Gasteiger partial charge < -0.3 is 46.3 Å². The molecule has 0 saturated carbocycles. The molecule has 44 heavy (non-hydrogen) atoms. The summed E-state index contributed by atoms with van der Waals surface area (Å²) in [5.74, 6) is 0.0571. The molecule has 3 aliphatic rings. The number of imidazole rings is 2. The monoisotopic (exact) mass is 656 g/mol. The lowest BCUT2D eigenvalue weighted by Crippen LogP contribution is -2.42. The Morgan fingerprint density at radius 3 is 2.43 bits per heavy atom. The number of aromatic nitrogens is 7. The third kappa shape index (κ3) is 5.06. The highest BCUT2D eigenvalue weighted by Crippen LogP contribution is 2.53. The molecule has 9 N–H and O–H groups in total. The fourth-order valence-corrected chi connectivity index (χ4v) is 7.29. The van der Waals surface area contributed by atoms with Crippen LogP contribution in [0.3, 0.4) is 0 Å². The smallest absolute Gasteiger partial charge is 0.397 e. The number of nitrogens with two attached hydrogens (primary N) is 3. The number of pyridine rings is 1. The lowest BCUT2D eigenvalue weighted by atomic mass is 10.1. The molecule has 0 bridgehead atoms. The number of aliphatic hydroxyl groups is 1. The molecule has 236 valence electrons. The van der Waals surface area contributed by atoms with Crippen molar-refractivity contribution in [2.45, 2.75) is 49.2 Å². The number of ether oxygens (including phenoxy) is 3. The zero-order valence-electron chi connectivity index (χ0n) is 22.3. The summed E-state index contributed by atoms with van der Waals surface area (Å²) < 4.78 is 62.3. The summed E-state index contributed by atoms with van der Waals surface area (Å²) in [6.45, 7) is -0.675. The van der Waals surface area contributed by atoms with Crippen molar-refractivity contribution in [2.24, 2.45) is 5.73 Å². The van der Waals surface area contributed by atoms with Crippen molar-refractivity contribution in [3.05, 3.63) is 31.2 Å². The number of hydrogen-bond acceptors (Lipinski definition) is 17. The molecular formula is C21H26N10O11P2. The Bertz CT molecular complexity index is 1690. The maximum Gasteiger partial charge on any atom is 0.472 e. The molecule has 7 rings (SSSR count). The molecule has 3 saturated heterocycles. The molecule has 10 atom stereocenters. The van der Waals surface area contributed by atoms with Gasteiger partial charge in [-0.3, -0.25) is 27.3 Å². The van der Waals surface area contributed by atoms with Gasteiger partial charge in [0.05, 0.1) is 31.0 Å². The number of anilines is 2. The van der Waals surface area contributed by atoms with E-state index in [2.05, 4.69) is 24.9 Å². The predicted molar refractivity (Wildman–Crippen MR) is 145 cm³/mol. The van der Waals surface area contributed by atoms with E-state index in [1.807, 2.05) is 0 Å². The van der Waals surface area contributed by atoms with E-state index in [-0.39, 0.29) is 17.0 Å². The maximum absolute atomic E-state index is 13.2. The van der Waals surface area contributed by atoms with Gasteiger partial charge in [0.2, 0.25) is 0 Å². The molecule has 3 fully saturated rings. The number of rotatable bonds is 2. The molecule has 0 amide bonds. The zero-order valence-corrected chi connectivity index (χ0v) is 24.1. The fourth-order valence-electron chi connectivity index (χ4n) is 5.31. The van der Waals surface area contributed by atoms with Gasteiger partial charge in [-0.1, -0.05) is 0 Å². The van der Waals surface area contributed by atoms with Crippen LogP contribution in [0.1, 0.15) is 12.5 Å². The van der Waals surface area contributed by atoms with Crippen molar-refractivity contribution in [3.8, 4) is 0 Å². The summed E-state index contributed by atoms with van der Waals surface area (Å²) in [6.07, 6.45) is -5.82. The van der Waals surface area contributed by atoms with Crippen molar-refractivity contribution in [1.82, 2.24) is 34.1 Å². The highest BCUT2D eigenvalue weighted by Gasteiger charge is 2.53. The van der Waals surface area contributed by atoms with E-state index in [1.165, 1.54) is 34.3 Å². The molecule has 4 unspecified atom stereocenters. The molecular weight excluding hydrogens is 630 g/mol. The fraction of sp³-hybridized carbons (Fsp3) is 0.476. The maximum atomic E-state index is 13.2. The minimum Gasteiger partial charge on any atom is -0.397 e. The van der Waals surface area contributed by atoms with Crippen LogP contribution in [-0.4, -0.2) is 98.7 Å². The van der Waals surface area contributed by atoms with E-state index >= 15 is 0 Å². The van der Waals surface area contributed by atoms with E-state index in [9.17, 15) is 24.0 Å². The topological polar surface area (TPSA) is 303 Å². The summed E-state index contributed by atoms with van der Waals surface area (Å²) in [5, 5.41) is 11.1. The van der Waals surface area contributed by atoms with Crippen LogP contribution in [0.15, 0.2) is 31.2 Å². The first kappa shape index (κ1) is 29.5. The van der Waals surface area contributed by atoms with Gasteiger partial charge in [-0.2, -0.15) is 0 Å². The summed E-state index contributed by atoms with van der Waals surface area (Å²) >= 11 is 0. The van der Waals surface area contributed by atoms with Crippen molar-refractivity contribution < 1.29 is 51.8 Å². The second-order valence-corrected chi connectivity index (χ2v) is 13.3. The van der Waals surface area contributed by atoms with Gasteiger partial charge in [0.25, 0.3) is 0 Å². The molecule has 3 aliphatic heterocycles. The normalized spacial score (nSPS) is 38.3. The van der Waals surface area contributed by atoms with Gasteiger partial charge in [-0.05, 0) is 6.07 Å². The number of fused-ring (bicyclic) bond motifs is 4. The molecule has 4 aromatic heterocycles. The lowest BCUT2D eigenvalue weighted by Gasteiger charge is -2.28. The van der Waals surface area contributed by atoms with Crippen LogP contribution in [0.4, 0.5) is 11.5 Å². The minimum absolute atomic E-state index is 0.0571. The first-order valence-corrected chi connectivity index (χ1v) is 16.2. The quantitative estimate of drug-likeness (QED) is 0.140. The SMILES string of the molecule is Nc1ncnc2c1ncn2[C@@H]1O[C@@H]2OCP(=O)(O)O[C@@H]3C(N)[C@H](n4cnc5c(N)ccnc54)O[C@@H]3COP(=O)(O)O[C@@H]2C1O. The van der Waals surface area contributed by atoms with E-state index in [1.54, 1.807) is 6.07 Å². The van der Waals surface area contributed by atoms with Gasteiger partial charge in [-0.15, -0.1) is 0 Å². The van der Waals surface area contributed by atoms with E-state index in [4.69, 9.17) is 45.0 Å². The van der Waals surface area contributed by atoms with Crippen LogP contribution in [0, 0.1) is 0 Å². The van der Waals surface area contributed by atoms with E-state index in [0.717, 1.165) is 0 Å². The molecule has 0 aliphatic carbocycles. The molecule has 7 heterocycles. The van der Waals surface area contributed by atoms with Crippen LogP contribution in [0.25, 0.3) is 22.3 Å². The number of phosphoric acid groups is 1. The highest BCUT2D eigenvalue weighted by atomic mass is 31.2. The van der Waals surface area contributed by atoms with Crippen LogP contribution in [-0.2, 0) is 36.9 Å². The molecule has 21 nitrogen and oxygen atoms in total. The highest BCUT2D eigenvalue weighted by molar-refractivity contribution is 7.52. The third-order valence-corrected chi connectivity index (χ3v) is 9.37. The Kier molecular flexibility index (Phi) is 7.20. The van der Waals surface area contributed by atoms with Crippen molar-refractivity contribution in [2.75, 3.05) is 24.4 Å². The third-order valence-electron chi connectivity index (χ3n) is 7.33. The first-order chi connectivity index (χ1) is 20.9. The molecule has 0 aromatic carbocycles. The van der Waals surface area contributed by atoms with E-state index < -0.39 is 77.6 Å². The molecule has 4 aromatic rings. The number of phosphoric ester groups is 1. The Morgan fingerprint density at radius 1 is 0.909 bits per heavy atom. The molecule has 0 spiro atoms. The molecule has 23 heteroatoms. The van der Waals surface area contributed by atoms with Crippen LogP contribution < -0.4 is 17.2 Å². The van der Waals surface area contributed by atoms with Gasteiger partial charge >= 0.3 is 15.4 Å². The van der Waals surface area contributed by atoms with Crippen LogP contribution >= 0.6 is 15.4 Å². The van der Waals surface area contributed by atoms with Crippen molar-refractivity contribution in [1.29, 1.82) is 0 Å². The Balaban J connectivity index is 1.17. The minimum atomic E-state index is -4.98. The lowest BCUT2D eigenvalue weighted by molar-refractivity contribution is -0.168. The summed E-state index contributed by atoms with van der Waals surface area (Å²) in [6, 6.07) is 0.428. The Hall–Kier alpha value is -3.17. The largest absolute Gasteiger partial charge is 0.472 e. The van der Waals surface area contributed by atoms with Crippen LogP contribution in [0.5, 0.6) is 0 Å². The number of nitrogen functional groups attached to an aromatic ring is 2. The second-order valence-electron chi connectivity index (χ2n) is 10.2. The van der Waals surface area contributed by atoms with E-state index in [0.29, 0.717) is 16.9 Å². The second kappa shape index (κ2) is 10.7. The predicted octanol–water partition coefficient (Wildman–Crippen LogP) is -1.06. The summed E-state index contributed by atoms with van der Waals surface area (Å²) in [7, 11) is -9.61. The van der Waals surface area contributed by atoms with Gasteiger partial charge in [0.15, 0.2) is 48.3 Å². The standard InChI is InChI=1S/C21H26N10O11P2/c22-8-1-2-25-17-11(8)28-5-30(17)19-10(23)14-9(39-19)3-38-44(35,36)42-15-13(32)20(40-21(15)37-7-43(33,34)41-14)31-6-29-12-16(24)26-4-27-18(12)31/h1-2,4-6,9-10,13-15,19-21,32H,3,7,23H2,(H2,22,25)(H,33,34)(H,35,36)(H2,24,26,27)/t9-,10?,13?,14+,15-,19-,20-,21+/m1/s1. The van der Waals surface area contributed by atoms with Gasteiger partial charge in [0.1, 0.15) is 35.7 Å². The Morgan fingerprint density at radius 2 is 1.64 bits per heavy atom. The van der Waals surface area contributed by atoms with Crippen molar-refractivity contribution >= 4 is 49.3 Å². The summed E-state index contributed by atoms with van der Waals surface area (Å²) in [5.41, 5.74) is 19.6. The average Bonchev–Trinajstić information content (AvgIpc) is 3.73. The first-order valence-electron chi connectivity index (χ1n) is 12.9. The molecule has 0 radical (unpaired) electrons.